The van der Waals surface area contributed by atoms with Crippen molar-refractivity contribution in [2.24, 2.45) is 0 Å². The number of nitrogens with zero attached hydrogens (tertiary/aromatic N) is 4. The topological polar surface area (TPSA) is 121 Å². The minimum atomic E-state index is -3.34. The summed E-state index contributed by atoms with van der Waals surface area (Å²) in [5.74, 6) is 1.92. The minimum Gasteiger partial charge on any atom is -0.378 e. The highest BCUT2D eigenvalue weighted by atomic mass is 32.2. The van der Waals surface area contributed by atoms with Gasteiger partial charge in [0.25, 0.3) is 0 Å². The van der Waals surface area contributed by atoms with Gasteiger partial charge < -0.3 is 19.9 Å². The van der Waals surface area contributed by atoms with E-state index >= 15 is 0 Å². The van der Waals surface area contributed by atoms with E-state index in [2.05, 4.69) is 15.2 Å². The molecule has 0 saturated carbocycles. The molecule has 3 aromatic rings. The Labute approximate surface area is 191 Å². The van der Waals surface area contributed by atoms with Gasteiger partial charge in [-0.2, -0.15) is 4.31 Å². The second-order valence-electron chi connectivity index (χ2n) is 8.06. The standard InChI is InChI=1S/C22H24N6O4S/c1-33(30,31)28-13-17-18(14-28)24-21(26-22(17)27-9-11-32-12-10-27)15-5-7-16(8-6-15)23-19-3-2-4-20(29)25-19/h2-8H,9-14H2,1H3,(H2,23,25,29). The maximum Gasteiger partial charge on any atom is 0.249 e. The Morgan fingerprint density at radius 3 is 2.48 bits per heavy atom. The number of sulfonamides is 1. The Kier molecular flexibility index (Phi) is 5.60. The van der Waals surface area contributed by atoms with Crippen molar-refractivity contribution in [1.82, 2.24) is 19.3 Å². The van der Waals surface area contributed by atoms with Gasteiger partial charge in [0.15, 0.2) is 5.82 Å². The highest BCUT2D eigenvalue weighted by molar-refractivity contribution is 7.88. The van der Waals surface area contributed by atoms with Crippen LogP contribution in [0.5, 0.6) is 0 Å². The number of pyridine rings is 1. The first kappa shape index (κ1) is 21.6. The summed E-state index contributed by atoms with van der Waals surface area (Å²) in [5, 5.41) is 3.16. The van der Waals surface area contributed by atoms with E-state index < -0.39 is 10.0 Å². The van der Waals surface area contributed by atoms with E-state index in [1.165, 1.54) is 16.6 Å². The lowest BCUT2D eigenvalue weighted by Gasteiger charge is -2.29. The maximum atomic E-state index is 12.2. The number of rotatable bonds is 5. The summed E-state index contributed by atoms with van der Waals surface area (Å²) in [6.07, 6.45) is 1.22. The quantitative estimate of drug-likeness (QED) is 0.580. The Morgan fingerprint density at radius 2 is 1.79 bits per heavy atom. The largest absolute Gasteiger partial charge is 0.378 e. The van der Waals surface area contributed by atoms with Gasteiger partial charge in [-0.1, -0.05) is 6.07 Å². The molecule has 1 aromatic carbocycles. The lowest BCUT2D eigenvalue weighted by atomic mass is 10.1. The molecule has 1 saturated heterocycles. The summed E-state index contributed by atoms with van der Waals surface area (Å²) in [7, 11) is -3.34. The maximum absolute atomic E-state index is 12.2. The number of morpholine rings is 1. The number of hydrogen-bond acceptors (Lipinski definition) is 8. The van der Waals surface area contributed by atoms with Crippen LogP contribution in [0.2, 0.25) is 0 Å². The molecule has 5 rings (SSSR count). The van der Waals surface area contributed by atoms with Crippen LogP contribution in [0, 0.1) is 0 Å². The Balaban J connectivity index is 1.47. The molecule has 1 fully saturated rings. The van der Waals surface area contributed by atoms with Gasteiger partial charge in [0.2, 0.25) is 15.6 Å². The molecule has 11 heteroatoms. The Morgan fingerprint density at radius 1 is 1.03 bits per heavy atom. The molecule has 2 N–H and O–H groups in total. The van der Waals surface area contributed by atoms with Crippen molar-refractivity contribution in [3.63, 3.8) is 0 Å². The number of aromatic amines is 1. The van der Waals surface area contributed by atoms with Crippen molar-refractivity contribution in [3.8, 4) is 11.4 Å². The first-order chi connectivity index (χ1) is 15.9. The fraction of sp³-hybridized carbons (Fsp3) is 0.318. The van der Waals surface area contributed by atoms with Crippen molar-refractivity contribution >= 4 is 27.3 Å². The number of H-pyrrole nitrogens is 1. The van der Waals surface area contributed by atoms with Crippen LogP contribution < -0.4 is 15.8 Å². The molecular formula is C22H24N6O4S. The van der Waals surface area contributed by atoms with E-state index in [-0.39, 0.29) is 18.6 Å². The van der Waals surface area contributed by atoms with E-state index in [4.69, 9.17) is 14.7 Å². The van der Waals surface area contributed by atoms with Crippen LogP contribution >= 0.6 is 0 Å². The van der Waals surface area contributed by atoms with Gasteiger partial charge in [-0.25, -0.2) is 18.4 Å². The van der Waals surface area contributed by atoms with Crippen LogP contribution in [0.4, 0.5) is 17.3 Å². The third kappa shape index (κ3) is 4.61. The highest BCUT2D eigenvalue weighted by Gasteiger charge is 2.32. The van der Waals surface area contributed by atoms with Crippen molar-refractivity contribution in [2.75, 3.05) is 42.8 Å². The predicted molar refractivity (Wildman–Crippen MR) is 125 cm³/mol. The van der Waals surface area contributed by atoms with Gasteiger partial charge in [-0.15, -0.1) is 0 Å². The molecule has 0 bridgehead atoms. The molecule has 2 aliphatic rings. The molecule has 4 heterocycles. The van der Waals surface area contributed by atoms with E-state index in [0.717, 1.165) is 28.3 Å². The summed E-state index contributed by atoms with van der Waals surface area (Å²) in [6.45, 7) is 3.11. The zero-order valence-electron chi connectivity index (χ0n) is 18.1. The molecular weight excluding hydrogens is 444 g/mol. The molecule has 2 aliphatic heterocycles. The Bertz CT molecular complexity index is 1330. The zero-order valence-corrected chi connectivity index (χ0v) is 18.9. The predicted octanol–water partition coefficient (Wildman–Crippen LogP) is 1.69. The average molecular weight is 469 g/mol. The number of anilines is 3. The fourth-order valence-corrected chi connectivity index (χ4v) is 4.71. The molecule has 0 spiro atoms. The molecule has 0 unspecified atom stereocenters. The number of hydrogen-bond donors (Lipinski definition) is 2. The first-order valence-electron chi connectivity index (χ1n) is 10.6. The molecule has 0 atom stereocenters. The van der Waals surface area contributed by atoms with Crippen LogP contribution in [0.1, 0.15) is 11.3 Å². The van der Waals surface area contributed by atoms with Crippen LogP contribution in [0.3, 0.4) is 0 Å². The molecule has 10 nitrogen and oxygen atoms in total. The van der Waals surface area contributed by atoms with Gasteiger partial charge in [0, 0.05) is 42.5 Å². The normalized spacial score (nSPS) is 16.6. The van der Waals surface area contributed by atoms with Crippen molar-refractivity contribution < 1.29 is 13.2 Å². The third-order valence-corrected chi connectivity index (χ3v) is 6.90. The van der Waals surface area contributed by atoms with Crippen LogP contribution in [-0.4, -0.2) is 60.2 Å². The van der Waals surface area contributed by atoms with Gasteiger partial charge in [-0.3, -0.25) is 4.79 Å². The lowest BCUT2D eigenvalue weighted by Crippen LogP contribution is -2.37. The van der Waals surface area contributed by atoms with Crippen LogP contribution in [0.25, 0.3) is 11.4 Å². The summed E-state index contributed by atoms with van der Waals surface area (Å²) in [4.78, 5) is 25.9. The van der Waals surface area contributed by atoms with Crippen LogP contribution in [0.15, 0.2) is 47.3 Å². The van der Waals surface area contributed by atoms with Gasteiger partial charge >= 0.3 is 0 Å². The molecule has 33 heavy (non-hydrogen) atoms. The Hall–Kier alpha value is -3.28. The molecule has 2 aromatic heterocycles. The van der Waals surface area contributed by atoms with Crippen molar-refractivity contribution in [2.45, 2.75) is 13.1 Å². The molecule has 0 aliphatic carbocycles. The van der Waals surface area contributed by atoms with E-state index in [0.29, 0.717) is 37.9 Å². The summed E-state index contributed by atoms with van der Waals surface area (Å²) < 4.78 is 31.2. The highest BCUT2D eigenvalue weighted by Crippen LogP contribution is 2.33. The van der Waals surface area contributed by atoms with E-state index in [9.17, 15) is 13.2 Å². The monoisotopic (exact) mass is 468 g/mol. The third-order valence-electron chi connectivity index (χ3n) is 5.70. The van der Waals surface area contributed by atoms with E-state index in [1.807, 2.05) is 24.3 Å². The number of aromatic nitrogens is 3. The SMILES string of the molecule is CS(=O)(=O)N1Cc2nc(-c3ccc(Nc4cccc(=O)[nH]4)cc3)nc(N3CCOCC3)c2C1. The number of ether oxygens (including phenoxy) is 1. The van der Waals surface area contributed by atoms with E-state index in [1.54, 1.807) is 12.1 Å². The fourth-order valence-electron chi connectivity index (χ4n) is 3.99. The second kappa shape index (κ2) is 8.58. The summed E-state index contributed by atoms with van der Waals surface area (Å²) >= 11 is 0. The van der Waals surface area contributed by atoms with Crippen LogP contribution in [-0.2, 0) is 27.8 Å². The van der Waals surface area contributed by atoms with Crippen molar-refractivity contribution in [3.05, 3.63) is 64.1 Å². The first-order valence-corrected chi connectivity index (χ1v) is 12.5. The number of nitrogens with one attached hydrogen (secondary N) is 2. The number of fused-ring (bicyclic) bond motifs is 1. The van der Waals surface area contributed by atoms with Crippen molar-refractivity contribution in [1.29, 1.82) is 0 Å². The number of benzene rings is 1. The van der Waals surface area contributed by atoms with Gasteiger partial charge in [-0.05, 0) is 30.3 Å². The second-order valence-corrected chi connectivity index (χ2v) is 10.0. The zero-order chi connectivity index (χ0) is 23.0. The summed E-state index contributed by atoms with van der Waals surface area (Å²) in [6, 6.07) is 12.5. The minimum absolute atomic E-state index is 0.179. The van der Waals surface area contributed by atoms with Gasteiger partial charge in [0.1, 0.15) is 11.6 Å². The lowest BCUT2D eigenvalue weighted by molar-refractivity contribution is 0.122. The molecule has 172 valence electrons. The average Bonchev–Trinajstić information content (AvgIpc) is 3.25. The summed E-state index contributed by atoms with van der Waals surface area (Å²) in [5.41, 5.74) is 3.03. The van der Waals surface area contributed by atoms with Gasteiger partial charge in [0.05, 0.1) is 31.7 Å². The molecule has 0 amide bonds. The smallest absolute Gasteiger partial charge is 0.249 e. The molecule has 0 radical (unpaired) electrons.